The Bertz CT molecular complexity index is 458. The van der Waals surface area contributed by atoms with Crippen molar-refractivity contribution in [3.8, 4) is 5.75 Å². The van der Waals surface area contributed by atoms with Gasteiger partial charge in [0.25, 0.3) is 0 Å². The largest absolute Gasteiger partial charge is 0.507 e. The third-order valence-corrected chi connectivity index (χ3v) is 2.21. The zero-order chi connectivity index (χ0) is 14.3. The van der Waals surface area contributed by atoms with Crippen molar-refractivity contribution >= 4 is 17.6 Å². The summed E-state index contributed by atoms with van der Waals surface area (Å²) in [5, 5.41) is 12.1. The standard InChI is InChI=1S/C13H17NO5/c1-3-6-19-13(17)10-7-9(4-5-11(10)15)14-12(16)8-18-2/h4-5,7,15H,3,6,8H2,1-2H3,(H,14,16). The average molecular weight is 267 g/mol. The summed E-state index contributed by atoms with van der Waals surface area (Å²) in [6, 6.07) is 4.17. The maximum atomic E-state index is 11.7. The topological polar surface area (TPSA) is 84.9 Å². The van der Waals surface area contributed by atoms with Crippen molar-refractivity contribution in [2.75, 3.05) is 25.6 Å². The lowest BCUT2D eigenvalue weighted by atomic mass is 10.1. The van der Waals surface area contributed by atoms with Gasteiger partial charge in [0.15, 0.2) is 0 Å². The molecule has 0 saturated heterocycles. The van der Waals surface area contributed by atoms with E-state index < -0.39 is 5.97 Å². The molecule has 0 aliphatic heterocycles. The normalized spacial score (nSPS) is 10.0. The molecule has 0 atom stereocenters. The molecular formula is C13H17NO5. The number of phenolic OH excluding ortho intramolecular Hbond substituents is 1. The van der Waals surface area contributed by atoms with Crippen LogP contribution in [0.15, 0.2) is 18.2 Å². The lowest BCUT2D eigenvalue weighted by Gasteiger charge is -2.09. The van der Waals surface area contributed by atoms with E-state index >= 15 is 0 Å². The summed E-state index contributed by atoms with van der Waals surface area (Å²) in [5.74, 6) is -1.16. The Hall–Kier alpha value is -2.08. The van der Waals surface area contributed by atoms with Gasteiger partial charge in [-0.2, -0.15) is 0 Å². The highest BCUT2D eigenvalue weighted by molar-refractivity contribution is 5.96. The molecule has 0 heterocycles. The van der Waals surface area contributed by atoms with E-state index in [-0.39, 0.29) is 30.4 Å². The molecule has 0 bridgehead atoms. The van der Waals surface area contributed by atoms with Crippen LogP contribution in [-0.2, 0) is 14.3 Å². The van der Waals surface area contributed by atoms with E-state index in [0.29, 0.717) is 12.1 Å². The van der Waals surface area contributed by atoms with Gasteiger partial charge in [-0.05, 0) is 24.6 Å². The molecule has 1 amide bonds. The smallest absolute Gasteiger partial charge is 0.341 e. The minimum Gasteiger partial charge on any atom is -0.507 e. The van der Waals surface area contributed by atoms with Crippen LogP contribution in [0.5, 0.6) is 5.75 Å². The van der Waals surface area contributed by atoms with Crippen molar-refractivity contribution in [2.24, 2.45) is 0 Å². The number of carbonyl (C=O) groups excluding carboxylic acids is 2. The minimum atomic E-state index is -0.623. The Morgan fingerprint density at radius 3 is 2.74 bits per heavy atom. The predicted molar refractivity (Wildman–Crippen MR) is 69.2 cm³/mol. The van der Waals surface area contributed by atoms with E-state index in [4.69, 9.17) is 4.74 Å². The van der Waals surface area contributed by atoms with E-state index in [0.717, 1.165) is 0 Å². The van der Waals surface area contributed by atoms with Crippen molar-refractivity contribution in [3.05, 3.63) is 23.8 Å². The van der Waals surface area contributed by atoms with Gasteiger partial charge in [0.05, 0.1) is 6.61 Å². The predicted octanol–water partition coefficient (Wildman–Crippen LogP) is 1.54. The van der Waals surface area contributed by atoms with Crippen molar-refractivity contribution in [2.45, 2.75) is 13.3 Å². The van der Waals surface area contributed by atoms with Crippen molar-refractivity contribution in [3.63, 3.8) is 0 Å². The van der Waals surface area contributed by atoms with Gasteiger partial charge in [-0.1, -0.05) is 6.92 Å². The molecule has 0 radical (unpaired) electrons. The number of anilines is 1. The van der Waals surface area contributed by atoms with Gasteiger partial charge in [-0.25, -0.2) is 4.79 Å². The Morgan fingerprint density at radius 1 is 1.37 bits per heavy atom. The quantitative estimate of drug-likeness (QED) is 0.603. The summed E-state index contributed by atoms with van der Waals surface area (Å²) < 4.78 is 9.61. The van der Waals surface area contributed by atoms with Crippen LogP contribution in [-0.4, -0.2) is 37.3 Å². The molecule has 1 rings (SSSR count). The molecule has 104 valence electrons. The number of benzene rings is 1. The number of hydrogen-bond acceptors (Lipinski definition) is 5. The number of hydrogen-bond donors (Lipinski definition) is 2. The van der Waals surface area contributed by atoms with Crippen LogP contribution in [0.2, 0.25) is 0 Å². The summed E-state index contributed by atoms with van der Waals surface area (Å²) in [6.45, 7) is 2.06. The maximum absolute atomic E-state index is 11.7. The molecule has 0 aromatic heterocycles. The Morgan fingerprint density at radius 2 is 2.11 bits per heavy atom. The summed E-state index contributed by atoms with van der Waals surface area (Å²) in [7, 11) is 1.41. The average Bonchev–Trinajstić information content (AvgIpc) is 2.38. The zero-order valence-electron chi connectivity index (χ0n) is 10.9. The molecule has 2 N–H and O–H groups in total. The number of methoxy groups -OCH3 is 1. The fourth-order valence-corrected chi connectivity index (χ4v) is 1.38. The number of ether oxygens (including phenoxy) is 2. The second-order valence-corrected chi connectivity index (χ2v) is 3.85. The van der Waals surface area contributed by atoms with Crippen LogP contribution in [0.3, 0.4) is 0 Å². The maximum Gasteiger partial charge on any atom is 0.341 e. The molecule has 0 fully saturated rings. The number of phenols is 1. The van der Waals surface area contributed by atoms with Crippen molar-refractivity contribution in [1.29, 1.82) is 0 Å². The first-order valence-electron chi connectivity index (χ1n) is 5.87. The van der Waals surface area contributed by atoms with Gasteiger partial charge in [0, 0.05) is 12.8 Å². The first kappa shape index (κ1) is 15.0. The van der Waals surface area contributed by atoms with E-state index in [1.165, 1.54) is 25.3 Å². The van der Waals surface area contributed by atoms with Gasteiger partial charge in [-0.15, -0.1) is 0 Å². The lowest BCUT2D eigenvalue weighted by molar-refractivity contribution is -0.119. The van der Waals surface area contributed by atoms with Crippen molar-refractivity contribution < 1.29 is 24.2 Å². The number of rotatable bonds is 6. The van der Waals surface area contributed by atoms with Gasteiger partial charge in [0.2, 0.25) is 5.91 Å². The van der Waals surface area contributed by atoms with Crippen LogP contribution < -0.4 is 5.32 Å². The fourth-order valence-electron chi connectivity index (χ4n) is 1.38. The van der Waals surface area contributed by atoms with Gasteiger partial charge < -0.3 is 19.9 Å². The fraction of sp³-hybridized carbons (Fsp3) is 0.385. The molecule has 0 aliphatic carbocycles. The summed E-state index contributed by atoms with van der Waals surface area (Å²) in [5.41, 5.74) is 0.409. The van der Waals surface area contributed by atoms with E-state index in [2.05, 4.69) is 10.1 Å². The van der Waals surface area contributed by atoms with Gasteiger partial charge in [0.1, 0.15) is 17.9 Å². The molecule has 0 spiro atoms. The number of carbonyl (C=O) groups is 2. The molecule has 6 heteroatoms. The van der Waals surface area contributed by atoms with E-state index in [1.807, 2.05) is 6.92 Å². The minimum absolute atomic E-state index is 0.0173. The second-order valence-electron chi connectivity index (χ2n) is 3.85. The molecule has 0 saturated carbocycles. The molecule has 6 nitrogen and oxygen atoms in total. The molecule has 0 unspecified atom stereocenters. The van der Waals surface area contributed by atoms with E-state index in [1.54, 1.807) is 0 Å². The van der Waals surface area contributed by atoms with Gasteiger partial charge >= 0.3 is 5.97 Å². The van der Waals surface area contributed by atoms with Crippen LogP contribution in [0.4, 0.5) is 5.69 Å². The molecule has 19 heavy (non-hydrogen) atoms. The summed E-state index contributed by atoms with van der Waals surface area (Å²) in [4.78, 5) is 23.0. The lowest BCUT2D eigenvalue weighted by Crippen LogP contribution is -2.17. The molecular weight excluding hydrogens is 250 g/mol. The highest BCUT2D eigenvalue weighted by Crippen LogP contribution is 2.22. The first-order chi connectivity index (χ1) is 9.08. The highest BCUT2D eigenvalue weighted by atomic mass is 16.5. The number of nitrogens with one attached hydrogen (secondary N) is 1. The Balaban J connectivity index is 2.81. The van der Waals surface area contributed by atoms with Crippen LogP contribution >= 0.6 is 0 Å². The number of aromatic hydroxyl groups is 1. The highest BCUT2D eigenvalue weighted by Gasteiger charge is 2.14. The first-order valence-corrected chi connectivity index (χ1v) is 5.87. The molecule has 0 aliphatic rings. The molecule has 1 aromatic rings. The Kier molecular flexibility index (Phi) is 5.81. The van der Waals surface area contributed by atoms with Crippen LogP contribution in [0.1, 0.15) is 23.7 Å². The zero-order valence-corrected chi connectivity index (χ0v) is 10.9. The van der Waals surface area contributed by atoms with Crippen molar-refractivity contribution in [1.82, 2.24) is 0 Å². The monoisotopic (exact) mass is 267 g/mol. The number of esters is 1. The summed E-state index contributed by atoms with van der Waals surface area (Å²) in [6.07, 6.45) is 0.691. The third kappa shape index (κ3) is 4.59. The van der Waals surface area contributed by atoms with Crippen LogP contribution in [0, 0.1) is 0 Å². The summed E-state index contributed by atoms with van der Waals surface area (Å²) >= 11 is 0. The number of amides is 1. The Labute approximate surface area is 111 Å². The van der Waals surface area contributed by atoms with E-state index in [9.17, 15) is 14.7 Å². The second kappa shape index (κ2) is 7.38. The van der Waals surface area contributed by atoms with Crippen LogP contribution in [0.25, 0.3) is 0 Å². The third-order valence-electron chi connectivity index (χ3n) is 2.21. The van der Waals surface area contributed by atoms with Gasteiger partial charge in [-0.3, -0.25) is 4.79 Å². The molecule has 1 aromatic carbocycles. The SMILES string of the molecule is CCCOC(=O)c1cc(NC(=O)COC)ccc1O.